The van der Waals surface area contributed by atoms with Crippen molar-refractivity contribution >= 4 is 25.4 Å². The molecule has 2 heterocycles. The van der Waals surface area contributed by atoms with Crippen LogP contribution in [0.5, 0.6) is 0 Å². The van der Waals surface area contributed by atoms with Gasteiger partial charge in [-0.2, -0.15) is 0 Å². The lowest BCUT2D eigenvalue weighted by Gasteiger charge is -2.52. The van der Waals surface area contributed by atoms with Gasteiger partial charge in [0, 0.05) is 13.0 Å². The van der Waals surface area contributed by atoms with Crippen molar-refractivity contribution < 1.29 is 14.0 Å². The summed E-state index contributed by atoms with van der Waals surface area (Å²) in [6.45, 7) is 16.8. The predicted molar refractivity (Wildman–Crippen MR) is 126 cm³/mol. The molecule has 2 aromatic rings. The van der Waals surface area contributed by atoms with E-state index >= 15 is 0 Å². The molecule has 1 atom stereocenters. The monoisotopic (exact) mass is 447 g/mol. The van der Waals surface area contributed by atoms with Crippen LogP contribution in [0.2, 0.25) is 18.1 Å². The average Bonchev–Trinajstić information content (AvgIpc) is 2.95. The largest absolute Gasteiger partial charge is 0.444 e. The highest BCUT2D eigenvalue weighted by Gasteiger charge is 2.53. The lowest BCUT2D eigenvalue weighted by molar-refractivity contribution is -0.172. The van der Waals surface area contributed by atoms with Gasteiger partial charge in [0.05, 0.1) is 11.0 Å². The van der Waals surface area contributed by atoms with Gasteiger partial charge in [-0.3, -0.25) is 4.90 Å². The number of aromatic amines is 1. The number of carbonyl (C=O) groups excluding carboxylic acids is 1. The molecule has 1 fully saturated rings. The van der Waals surface area contributed by atoms with Crippen LogP contribution < -0.4 is 5.69 Å². The first kappa shape index (κ1) is 23.6. The maximum absolute atomic E-state index is 13.4. The summed E-state index contributed by atoms with van der Waals surface area (Å²) in [7, 11) is -2.40. The molecule has 1 aromatic heterocycles. The molecule has 0 saturated carbocycles. The third kappa shape index (κ3) is 4.46. The van der Waals surface area contributed by atoms with E-state index in [-0.39, 0.29) is 10.7 Å². The number of H-pyrrole nitrogens is 1. The molecular weight excluding hydrogens is 410 g/mol. The van der Waals surface area contributed by atoms with Crippen LogP contribution in [-0.4, -0.2) is 41.0 Å². The molecule has 0 spiro atoms. The predicted octanol–water partition coefficient (Wildman–Crippen LogP) is 5.38. The number of para-hydroxylation sites is 2. The van der Waals surface area contributed by atoms with E-state index in [0.717, 1.165) is 23.9 Å². The second-order valence-electron chi connectivity index (χ2n) is 11.0. The summed E-state index contributed by atoms with van der Waals surface area (Å²) in [5, 5.41) is -0.104. The molecule has 1 saturated heterocycles. The summed E-state index contributed by atoms with van der Waals surface area (Å²) in [5.41, 5.74) is 0.514. The van der Waals surface area contributed by atoms with E-state index < -0.39 is 25.9 Å². The summed E-state index contributed by atoms with van der Waals surface area (Å²) in [4.78, 5) is 31.3. The van der Waals surface area contributed by atoms with E-state index in [2.05, 4.69) is 38.8 Å². The number of nitrogens with one attached hydrogen (secondary N) is 1. The molecule has 1 N–H and O–H groups in total. The van der Waals surface area contributed by atoms with Crippen molar-refractivity contribution in [3.8, 4) is 0 Å². The Bertz CT molecular complexity index is 1010. The van der Waals surface area contributed by atoms with Crippen molar-refractivity contribution in [3.63, 3.8) is 0 Å². The second-order valence-corrected chi connectivity index (χ2v) is 15.7. The summed E-state index contributed by atoms with van der Waals surface area (Å²) < 4.78 is 14.4. The minimum Gasteiger partial charge on any atom is -0.444 e. The lowest BCUT2D eigenvalue weighted by atomic mass is 10.0. The molecule has 1 amide bonds. The number of ether oxygens (including phenoxy) is 1. The van der Waals surface area contributed by atoms with Crippen LogP contribution in [0.4, 0.5) is 4.79 Å². The highest BCUT2D eigenvalue weighted by Crippen LogP contribution is 2.45. The summed E-state index contributed by atoms with van der Waals surface area (Å²) in [6.07, 6.45) is 1.75. The Kier molecular flexibility index (Phi) is 5.95. The number of nitrogens with zero attached hydrogens (tertiary/aromatic N) is 2. The minimum atomic E-state index is -2.40. The number of likely N-dealkylation sites (tertiary alicyclic amines) is 1. The first-order valence-corrected chi connectivity index (χ1v) is 14.0. The Morgan fingerprint density at radius 2 is 1.74 bits per heavy atom. The third-order valence-corrected chi connectivity index (χ3v) is 10.8. The van der Waals surface area contributed by atoms with Gasteiger partial charge in [0.25, 0.3) is 0 Å². The number of hydrogen-bond acceptors (Lipinski definition) is 4. The molecule has 0 radical (unpaired) electrons. The van der Waals surface area contributed by atoms with E-state index in [1.807, 2.05) is 45.0 Å². The second kappa shape index (κ2) is 7.81. The zero-order valence-electron chi connectivity index (χ0n) is 20.2. The Hall–Kier alpha value is -2.06. The van der Waals surface area contributed by atoms with Crippen molar-refractivity contribution in [1.82, 2.24) is 14.5 Å². The smallest absolute Gasteiger partial charge is 0.414 e. The molecule has 1 aliphatic heterocycles. The summed E-state index contributed by atoms with van der Waals surface area (Å²) >= 11 is 0. The zero-order valence-corrected chi connectivity index (χ0v) is 21.2. The maximum atomic E-state index is 13.4. The van der Waals surface area contributed by atoms with Crippen LogP contribution >= 0.6 is 0 Å². The van der Waals surface area contributed by atoms with Gasteiger partial charge < -0.3 is 14.1 Å². The van der Waals surface area contributed by atoms with E-state index in [1.54, 1.807) is 9.47 Å². The summed E-state index contributed by atoms with van der Waals surface area (Å²) in [6, 6.07) is 7.54. The Morgan fingerprint density at radius 3 is 2.35 bits per heavy atom. The Labute approximate surface area is 185 Å². The van der Waals surface area contributed by atoms with Crippen LogP contribution in [0.25, 0.3) is 11.0 Å². The van der Waals surface area contributed by atoms with Gasteiger partial charge in [-0.25, -0.2) is 14.2 Å². The van der Waals surface area contributed by atoms with Gasteiger partial charge in [-0.15, -0.1) is 0 Å². The fraction of sp³-hybridized carbons (Fsp3) is 0.652. The van der Waals surface area contributed by atoms with Gasteiger partial charge >= 0.3 is 11.8 Å². The lowest BCUT2D eigenvalue weighted by Crippen LogP contribution is -2.64. The van der Waals surface area contributed by atoms with Crippen molar-refractivity contribution in [2.45, 2.75) is 90.4 Å². The SMILES string of the molecule is CC(C)(C)OC(=O)N1CCCCC1(O[Si](C)(C)C(C)(C)C)n1c(=O)[nH]c2ccccc21. The van der Waals surface area contributed by atoms with Gasteiger partial charge in [0.1, 0.15) is 5.60 Å². The van der Waals surface area contributed by atoms with Crippen molar-refractivity contribution in [1.29, 1.82) is 0 Å². The number of carbonyl (C=O) groups is 1. The van der Waals surface area contributed by atoms with Crippen molar-refractivity contribution in [2.24, 2.45) is 0 Å². The van der Waals surface area contributed by atoms with Gasteiger partial charge in [0.2, 0.25) is 5.85 Å². The van der Waals surface area contributed by atoms with E-state index in [0.29, 0.717) is 13.0 Å². The highest BCUT2D eigenvalue weighted by atomic mass is 28.4. The Balaban J connectivity index is 2.26. The number of fused-ring (bicyclic) bond motifs is 1. The van der Waals surface area contributed by atoms with Crippen LogP contribution in [0.3, 0.4) is 0 Å². The zero-order chi connectivity index (χ0) is 23.2. The number of rotatable bonds is 3. The van der Waals surface area contributed by atoms with Gasteiger partial charge in [0.15, 0.2) is 8.32 Å². The first-order chi connectivity index (χ1) is 14.2. The number of hydrogen-bond donors (Lipinski definition) is 1. The maximum Gasteiger partial charge on any atom is 0.414 e. The minimum absolute atomic E-state index is 0.104. The van der Waals surface area contributed by atoms with E-state index in [4.69, 9.17) is 9.16 Å². The quantitative estimate of drug-likeness (QED) is 0.641. The molecule has 1 aromatic carbocycles. The van der Waals surface area contributed by atoms with Crippen molar-refractivity contribution in [2.75, 3.05) is 6.54 Å². The molecule has 0 bridgehead atoms. The fourth-order valence-electron chi connectivity index (χ4n) is 3.83. The molecule has 172 valence electrons. The van der Waals surface area contributed by atoms with Crippen LogP contribution in [0.1, 0.15) is 60.8 Å². The molecule has 8 heteroatoms. The average molecular weight is 448 g/mol. The number of aromatic nitrogens is 2. The molecular formula is C23H37N3O4Si. The summed E-state index contributed by atoms with van der Waals surface area (Å²) in [5.74, 6) is -1.24. The number of imidazole rings is 1. The van der Waals surface area contributed by atoms with Crippen LogP contribution in [-0.2, 0) is 15.0 Å². The van der Waals surface area contributed by atoms with E-state index in [1.165, 1.54) is 0 Å². The first-order valence-electron chi connectivity index (χ1n) is 11.1. The van der Waals surface area contributed by atoms with Crippen molar-refractivity contribution in [3.05, 3.63) is 34.7 Å². The Morgan fingerprint density at radius 1 is 1.10 bits per heavy atom. The molecule has 0 aliphatic carbocycles. The normalized spacial score (nSPS) is 20.8. The molecule has 1 unspecified atom stereocenters. The topological polar surface area (TPSA) is 76.6 Å². The van der Waals surface area contributed by atoms with Crippen LogP contribution in [0.15, 0.2) is 29.1 Å². The number of benzene rings is 1. The van der Waals surface area contributed by atoms with Gasteiger partial charge in [-0.05, 0) is 63.9 Å². The fourth-order valence-corrected chi connectivity index (χ4v) is 5.26. The van der Waals surface area contributed by atoms with Gasteiger partial charge in [-0.1, -0.05) is 32.9 Å². The third-order valence-electron chi connectivity index (χ3n) is 6.33. The van der Waals surface area contributed by atoms with E-state index in [9.17, 15) is 9.59 Å². The molecule has 3 rings (SSSR count). The van der Waals surface area contributed by atoms with Crippen LogP contribution in [0, 0.1) is 0 Å². The number of piperidine rings is 1. The molecule has 31 heavy (non-hydrogen) atoms. The molecule has 7 nitrogen and oxygen atoms in total. The highest BCUT2D eigenvalue weighted by molar-refractivity contribution is 6.74. The number of amides is 1. The standard InChI is InChI=1S/C23H37N3O4Si/c1-21(2,3)29-20(28)25-16-12-11-15-23(25,30-31(7,8)22(4,5)6)26-18-14-10-9-13-17(18)24-19(26)27/h9-10,13-14H,11-12,15-16H2,1-8H3,(H,24,27). The molecule has 1 aliphatic rings.